The van der Waals surface area contributed by atoms with E-state index < -0.39 is 16.8 Å². The number of fused-ring (bicyclic) bond motifs is 1. The average Bonchev–Trinajstić information content (AvgIpc) is 3.50. The van der Waals surface area contributed by atoms with Crippen LogP contribution in [0.5, 0.6) is 5.75 Å². The summed E-state index contributed by atoms with van der Waals surface area (Å²) in [6.07, 6.45) is 9.07. The molecule has 2 aliphatic rings. The lowest BCUT2D eigenvalue weighted by Crippen LogP contribution is -2.53. The SMILES string of the molecule is COc1ccc(CCC2(C3CCCC3)CC(=O)C(Sc3nc4cnccc4s3)C(=O)O2)cc1Cl. The molecule has 0 bridgehead atoms. The van der Waals surface area contributed by atoms with Crippen LogP contribution in [-0.4, -0.2) is 39.7 Å². The summed E-state index contributed by atoms with van der Waals surface area (Å²) >= 11 is 8.96. The fourth-order valence-electron chi connectivity index (χ4n) is 5.08. The first-order valence-electron chi connectivity index (χ1n) is 11.4. The van der Waals surface area contributed by atoms with Gasteiger partial charge in [0, 0.05) is 12.6 Å². The van der Waals surface area contributed by atoms with Crippen LogP contribution in [0, 0.1) is 5.92 Å². The standard InChI is InChI=1S/C25H25ClN2O4S2/c1-31-20-7-6-15(12-17(20)26)8-10-25(16-4-2-3-5-16)13-19(29)22(23(30)32-25)34-24-28-18-14-27-11-9-21(18)33-24/h6-7,9,11-12,14,16,22H,2-5,8,10,13H2,1H3. The lowest BCUT2D eigenvalue weighted by Gasteiger charge is -2.42. The van der Waals surface area contributed by atoms with E-state index in [2.05, 4.69) is 9.97 Å². The van der Waals surface area contributed by atoms with E-state index in [-0.39, 0.29) is 18.1 Å². The summed E-state index contributed by atoms with van der Waals surface area (Å²) in [6, 6.07) is 7.59. The van der Waals surface area contributed by atoms with Crippen molar-refractivity contribution in [3.8, 4) is 5.75 Å². The van der Waals surface area contributed by atoms with Crippen molar-refractivity contribution in [2.24, 2.45) is 5.92 Å². The Hall–Kier alpha value is -2.16. The molecule has 1 aromatic carbocycles. The molecule has 0 radical (unpaired) electrons. The van der Waals surface area contributed by atoms with Gasteiger partial charge in [0.05, 0.1) is 23.0 Å². The molecule has 2 unspecified atom stereocenters. The molecular weight excluding hydrogens is 492 g/mol. The van der Waals surface area contributed by atoms with Crippen LogP contribution < -0.4 is 4.74 Å². The molecule has 2 fully saturated rings. The third-order valence-electron chi connectivity index (χ3n) is 6.82. The van der Waals surface area contributed by atoms with E-state index in [0.717, 1.165) is 41.5 Å². The minimum atomic E-state index is -0.876. The van der Waals surface area contributed by atoms with E-state index in [9.17, 15) is 9.59 Å². The summed E-state index contributed by atoms with van der Waals surface area (Å²) in [5, 5.41) is -0.326. The van der Waals surface area contributed by atoms with Gasteiger partial charge in [-0.05, 0) is 55.4 Å². The summed E-state index contributed by atoms with van der Waals surface area (Å²) in [5.41, 5.74) is 1.04. The third kappa shape index (κ3) is 4.68. The molecule has 0 N–H and O–H groups in total. The Bertz CT molecular complexity index is 1170. The fraction of sp³-hybridized carbons (Fsp3) is 0.440. The fourth-order valence-corrected chi connectivity index (χ4v) is 7.48. The number of thiazole rings is 1. The number of carbonyl (C=O) groups excluding carboxylic acids is 2. The molecule has 2 aromatic heterocycles. The highest BCUT2D eigenvalue weighted by Gasteiger charge is 2.52. The summed E-state index contributed by atoms with van der Waals surface area (Å²) < 4.78 is 13.1. The average molecular weight is 517 g/mol. The number of pyridine rings is 1. The summed E-state index contributed by atoms with van der Waals surface area (Å²) in [7, 11) is 1.59. The molecule has 34 heavy (non-hydrogen) atoms. The number of benzene rings is 1. The normalized spacial score (nSPS) is 23.4. The number of methoxy groups -OCH3 is 1. The number of nitrogens with zero attached hydrogens (tertiary/aromatic N) is 2. The largest absolute Gasteiger partial charge is 0.495 e. The van der Waals surface area contributed by atoms with E-state index in [0.29, 0.717) is 28.0 Å². The van der Waals surface area contributed by atoms with Crippen molar-refractivity contribution in [2.75, 3.05) is 7.11 Å². The first-order valence-corrected chi connectivity index (χ1v) is 13.5. The second-order valence-electron chi connectivity index (χ2n) is 8.90. The Morgan fingerprint density at radius 3 is 2.79 bits per heavy atom. The molecule has 0 spiro atoms. The molecule has 178 valence electrons. The Morgan fingerprint density at radius 2 is 2.09 bits per heavy atom. The monoisotopic (exact) mass is 516 g/mol. The molecule has 1 saturated heterocycles. The third-order valence-corrected chi connectivity index (χ3v) is 9.47. The van der Waals surface area contributed by atoms with Crippen LogP contribution in [-0.2, 0) is 20.7 Å². The lowest BCUT2D eigenvalue weighted by molar-refractivity contribution is -0.177. The predicted molar refractivity (Wildman–Crippen MR) is 134 cm³/mol. The van der Waals surface area contributed by atoms with Crippen molar-refractivity contribution in [3.63, 3.8) is 0 Å². The molecule has 1 aliphatic heterocycles. The van der Waals surface area contributed by atoms with Crippen LogP contribution in [0.4, 0.5) is 0 Å². The highest BCUT2D eigenvalue weighted by atomic mass is 35.5. The number of rotatable bonds is 7. The Balaban J connectivity index is 1.34. The number of ether oxygens (including phenoxy) is 2. The predicted octanol–water partition coefficient (Wildman–Crippen LogP) is 5.89. The molecule has 1 saturated carbocycles. The number of hydrogen-bond acceptors (Lipinski definition) is 8. The number of carbonyl (C=O) groups is 2. The van der Waals surface area contributed by atoms with Crippen molar-refractivity contribution < 1.29 is 19.1 Å². The van der Waals surface area contributed by atoms with Gasteiger partial charge in [0.1, 0.15) is 16.9 Å². The van der Waals surface area contributed by atoms with Gasteiger partial charge >= 0.3 is 5.97 Å². The van der Waals surface area contributed by atoms with E-state index in [1.165, 1.54) is 23.1 Å². The first kappa shape index (κ1) is 23.6. The number of aromatic nitrogens is 2. The molecule has 2 atom stereocenters. The number of aryl methyl sites for hydroxylation is 1. The minimum Gasteiger partial charge on any atom is -0.495 e. The van der Waals surface area contributed by atoms with E-state index in [4.69, 9.17) is 21.1 Å². The number of hydrogen-bond donors (Lipinski definition) is 0. The Labute approximate surface area is 211 Å². The number of thioether (sulfide) groups is 1. The molecule has 6 nitrogen and oxygen atoms in total. The Kier molecular flexibility index (Phi) is 6.82. The molecule has 5 rings (SSSR count). The van der Waals surface area contributed by atoms with Crippen LogP contribution >= 0.6 is 34.7 Å². The van der Waals surface area contributed by atoms with Crippen molar-refractivity contribution >= 4 is 56.7 Å². The smallest absolute Gasteiger partial charge is 0.327 e. The quantitative estimate of drug-likeness (QED) is 0.286. The zero-order valence-electron chi connectivity index (χ0n) is 18.8. The van der Waals surface area contributed by atoms with Crippen LogP contribution in [0.25, 0.3) is 10.2 Å². The maximum absolute atomic E-state index is 13.4. The number of cyclic esters (lactones) is 1. The summed E-state index contributed by atoms with van der Waals surface area (Å²) in [6.45, 7) is 0. The first-order chi connectivity index (χ1) is 16.5. The van der Waals surface area contributed by atoms with Gasteiger partial charge in [-0.1, -0.05) is 42.3 Å². The van der Waals surface area contributed by atoms with Crippen LogP contribution in [0.3, 0.4) is 0 Å². The Morgan fingerprint density at radius 1 is 1.26 bits per heavy atom. The van der Waals surface area contributed by atoms with Gasteiger partial charge < -0.3 is 9.47 Å². The van der Waals surface area contributed by atoms with Gasteiger partial charge in [0.15, 0.2) is 15.4 Å². The molecular formula is C25H25ClN2O4S2. The number of halogens is 1. The summed E-state index contributed by atoms with van der Waals surface area (Å²) in [5.74, 6) is 0.311. The van der Waals surface area contributed by atoms with Gasteiger partial charge in [-0.15, -0.1) is 11.3 Å². The summed E-state index contributed by atoms with van der Waals surface area (Å²) in [4.78, 5) is 35.2. The topological polar surface area (TPSA) is 78.4 Å². The van der Waals surface area contributed by atoms with Gasteiger partial charge in [-0.3, -0.25) is 14.6 Å². The molecule has 0 amide bonds. The van der Waals surface area contributed by atoms with Crippen LogP contribution in [0.2, 0.25) is 5.02 Å². The van der Waals surface area contributed by atoms with Gasteiger partial charge in [-0.25, -0.2) is 4.98 Å². The van der Waals surface area contributed by atoms with Crippen molar-refractivity contribution in [3.05, 3.63) is 47.2 Å². The molecule has 9 heteroatoms. The van der Waals surface area contributed by atoms with Gasteiger partial charge in [0.2, 0.25) is 0 Å². The number of Topliss-reactive ketones (excluding diaryl/α,β-unsaturated/α-hetero) is 1. The zero-order valence-corrected chi connectivity index (χ0v) is 21.2. The van der Waals surface area contributed by atoms with E-state index in [1.807, 2.05) is 24.3 Å². The van der Waals surface area contributed by atoms with Crippen molar-refractivity contribution in [2.45, 2.75) is 60.1 Å². The molecule has 3 aromatic rings. The van der Waals surface area contributed by atoms with Gasteiger partial charge in [-0.2, -0.15) is 0 Å². The highest BCUT2D eigenvalue weighted by molar-refractivity contribution is 8.03. The molecule has 1 aliphatic carbocycles. The minimum absolute atomic E-state index is 0.0710. The number of esters is 1. The van der Waals surface area contributed by atoms with Crippen molar-refractivity contribution in [1.82, 2.24) is 9.97 Å². The second kappa shape index (κ2) is 9.84. The van der Waals surface area contributed by atoms with Gasteiger partial charge in [0.25, 0.3) is 0 Å². The maximum atomic E-state index is 13.4. The van der Waals surface area contributed by atoms with Crippen LogP contribution in [0.15, 0.2) is 41.0 Å². The molecule has 3 heterocycles. The van der Waals surface area contributed by atoms with Crippen molar-refractivity contribution in [1.29, 1.82) is 0 Å². The second-order valence-corrected chi connectivity index (χ2v) is 11.7. The highest BCUT2D eigenvalue weighted by Crippen LogP contribution is 2.46. The zero-order chi connectivity index (χ0) is 23.7. The maximum Gasteiger partial charge on any atom is 0.327 e. The van der Waals surface area contributed by atoms with E-state index in [1.54, 1.807) is 19.5 Å². The lowest BCUT2D eigenvalue weighted by atomic mass is 9.76. The van der Waals surface area contributed by atoms with Crippen LogP contribution in [0.1, 0.15) is 44.1 Å². The van der Waals surface area contributed by atoms with E-state index >= 15 is 0 Å². The number of ketones is 1.